The van der Waals surface area contributed by atoms with Gasteiger partial charge < -0.3 is 0 Å². The molecule has 2 fully saturated rings. The van der Waals surface area contributed by atoms with Crippen LogP contribution >= 0.6 is 79.9 Å². The molecule has 4 bridgehead atoms. The Kier molecular flexibility index (Phi) is 31.2. The third kappa shape index (κ3) is 21.2. The second-order valence-corrected chi connectivity index (χ2v) is 81.9. The van der Waals surface area contributed by atoms with Gasteiger partial charge in [0.05, 0.1) is 41.3 Å². The van der Waals surface area contributed by atoms with E-state index in [0.717, 1.165) is 0 Å². The van der Waals surface area contributed by atoms with Crippen molar-refractivity contribution >= 4 is 135 Å². The maximum Gasteiger partial charge on any atom is 0.147 e. The van der Waals surface area contributed by atoms with Gasteiger partial charge in [-0.1, -0.05) is 293 Å². The lowest BCUT2D eigenvalue weighted by molar-refractivity contribution is 1.29. The van der Waals surface area contributed by atoms with E-state index in [0.29, 0.717) is 0 Å². The van der Waals surface area contributed by atoms with Gasteiger partial charge in [-0.15, -0.1) is 47.0 Å². The Hall–Kier alpha value is -6.69. The van der Waals surface area contributed by atoms with Crippen LogP contribution in [0.2, 0.25) is 103 Å². The van der Waals surface area contributed by atoms with Crippen molar-refractivity contribution in [2.75, 3.05) is 40.8 Å². The summed E-state index contributed by atoms with van der Waals surface area (Å²) in [5, 5.41) is 0. The normalized spacial score (nSPS) is 16.0. The largest absolute Gasteiger partial charge is 0.284 e. The molecule has 0 aromatic heterocycles. The molecular weight excluding hydrogens is 1860 g/mol. The van der Waals surface area contributed by atoms with Gasteiger partial charge in [0, 0.05) is 76.8 Å². The molecule has 6 aliphatic heterocycles. The van der Waals surface area contributed by atoms with Crippen LogP contribution in [-0.4, -0.2) is 55.3 Å². The fourth-order valence-electron chi connectivity index (χ4n) is 22.1. The lowest BCUT2D eigenvalue weighted by Gasteiger charge is -2.55. The van der Waals surface area contributed by atoms with Crippen LogP contribution in [0.15, 0.2) is 188 Å². The lowest BCUT2D eigenvalue weighted by Crippen LogP contribution is -2.34. The molecule has 12 aromatic rings. The molecule has 0 saturated carbocycles. The molecule has 18 rings (SSSR count). The highest BCUT2D eigenvalue weighted by molar-refractivity contribution is 8.25. The molecule has 12 aromatic carbocycles. The zero-order valence-electron chi connectivity index (χ0n) is 89.0. The molecule has 712 valence electrons. The molecule has 0 unspecified atom stereocenters. The maximum atomic E-state index is 3.05. The second-order valence-electron chi connectivity index (χ2n) is 45.2. The number of benzene rings is 12. The number of hydrogen-bond acceptors (Lipinski definition) is 8. The van der Waals surface area contributed by atoms with E-state index in [2.05, 4.69) is 479 Å². The van der Waals surface area contributed by atoms with Crippen molar-refractivity contribution in [1.82, 2.24) is 0 Å². The monoisotopic (exact) mass is 2010 g/mol. The van der Waals surface area contributed by atoms with Gasteiger partial charge >= 0.3 is 0 Å². The first kappa shape index (κ1) is 104. The topological polar surface area (TPSA) is 13.0 Å². The number of rotatable bonds is 28. The summed E-state index contributed by atoms with van der Waals surface area (Å²) in [4.78, 5) is 0. The molecule has 6 aliphatic rings. The Morgan fingerprint density at radius 2 is 0.294 bits per heavy atom. The minimum Gasteiger partial charge on any atom is -0.284 e. The smallest absolute Gasteiger partial charge is 0.147 e. The van der Waals surface area contributed by atoms with Gasteiger partial charge in [-0.05, 0) is 347 Å². The minimum atomic E-state index is -1.31. The van der Waals surface area contributed by atoms with Gasteiger partial charge in [-0.2, -0.15) is 0 Å². The first-order valence-corrected chi connectivity index (χ1v) is 73.2. The zero-order valence-corrected chi connectivity index (χ0v) is 99.9. The van der Waals surface area contributed by atoms with Gasteiger partial charge in [0.25, 0.3) is 0 Å². The molecular formula is C120H152N4P4S4Si4. The van der Waals surface area contributed by atoms with Crippen molar-refractivity contribution in [2.24, 2.45) is 0 Å². The quantitative estimate of drug-likeness (QED) is 0.0351. The van der Waals surface area contributed by atoms with Crippen molar-refractivity contribution in [2.45, 2.75) is 269 Å². The van der Waals surface area contributed by atoms with E-state index >= 15 is 0 Å². The lowest BCUT2D eigenvalue weighted by atomic mass is 9.87. The van der Waals surface area contributed by atoms with Crippen LogP contribution in [0.5, 0.6) is 0 Å². The van der Waals surface area contributed by atoms with Crippen molar-refractivity contribution in [3.05, 3.63) is 322 Å². The summed E-state index contributed by atoms with van der Waals surface area (Å²) in [6.45, 7) is 86.1. The molecule has 0 spiro atoms. The molecule has 0 atom stereocenters. The van der Waals surface area contributed by atoms with E-state index in [-0.39, 0.29) is 0 Å². The Morgan fingerprint density at radius 1 is 0.184 bits per heavy atom. The first-order chi connectivity index (χ1) is 63.9. The predicted molar refractivity (Wildman–Crippen MR) is 637 cm³/mol. The third-order valence-corrected chi connectivity index (χ3v) is 55.0. The summed E-state index contributed by atoms with van der Waals surface area (Å²) >= 11 is 8.92. The molecule has 136 heavy (non-hydrogen) atoms. The first-order valence-electron chi connectivity index (χ1n) is 49.5. The van der Waals surface area contributed by atoms with Gasteiger partial charge in [0.1, 0.15) is 32.9 Å². The maximum absolute atomic E-state index is 3.05. The summed E-state index contributed by atoms with van der Waals surface area (Å²) < 4.78 is 18.8. The van der Waals surface area contributed by atoms with Gasteiger partial charge in [-0.25, -0.2) is 0 Å². The molecule has 2 saturated heterocycles. The second kappa shape index (κ2) is 41.0. The summed E-state index contributed by atoms with van der Waals surface area (Å²) in [5.74, 6) is 4.70. The number of hydrogen-bond donors (Lipinski definition) is 0. The van der Waals surface area contributed by atoms with Crippen molar-refractivity contribution in [3.63, 3.8) is 0 Å². The SMILES string of the molecule is Cc1cc(C)c(-c2cccc(-c3c(C)cc(C)cc3C)c2N2P3C(SCC[Si](C)(C)C)=C(SCC[Si](C)(C)C)P2N3c2c(-c3c(C)cc(C)cc3C)cccc2-c2c(C)cc(C)cc2C)c(C)c1.Cc1cc(C)c(-c2cccc(-c3c(C)cc(C)cc3C)c2N2P3C(SCC[Si](C)(C)C)=C(SCC[Si](C)(C)C)P2N3c2c(-c3c(C)cc(C)cc3C)cccc2-c2c(C)cc(C)cc2C)c(C)c1. The average Bonchev–Trinajstić information content (AvgIpc) is 1.51. The summed E-state index contributed by atoms with van der Waals surface area (Å²) in [7, 11) is -9.17. The van der Waals surface area contributed by atoms with E-state index in [9.17, 15) is 0 Å². The molecule has 0 N–H and O–H groups in total. The fraction of sp³-hybridized carbons (Fsp3) is 0.367. The average molecular weight is 2020 g/mol. The molecule has 0 radical (unpaired) electrons. The van der Waals surface area contributed by atoms with E-state index in [1.54, 1.807) is 18.6 Å². The highest BCUT2D eigenvalue weighted by Gasteiger charge is 2.64. The summed E-state index contributed by atoms with van der Waals surface area (Å²) in [6, 6.07) is 72.9. The van der Waals surface area contributed by atoms with Gasteiger partial charge in [0.15, 0.2) is 0 Å². The zero-order chi connectivity index (χ0) is 98.6. The minimum absolute atomic E-state index is 0.980. The van der Waals surface area contributed by atoms with E-state index < -0.39 is 65.2 Å². The van der Waals surface area contributed by atoms with Crippen LogP contribution in [0.3, 0.4) is 0 Å². The fourth-order valence-corrected chi connectivity index (χ4v) is 56.3. The standard InChI is InChI=1S/2C60H76N2P2S2Si2/c2*1-37-29-41(5)53(42(6)30-37)49-21-19-22-50(54-43(7)31-38(2)32-44(54)8)57(49)61-63-59(65-25-27-67(13,14)15)60(66-26-28-68(16,17)18)64(61)62(63)58-51(55-45(9)33-39(3)34-46(55)10)23-20-24-52(58)56-47(11)35-40(4)36-48(56)12/h2*19-24,29-36H,25-28H2,1-18H3. The van der Waals surface area contributed by atoms with Gasteiger partial charge in [-0.3, -0.25) is 17.8 Å². The number of para-hydroxylation sites is 4. The third-order valence-electron chi connectivity index (χ3n) is 27.4. The molecule has 0 aliphatic carbocycles. The predicted octanol–water partition coefficient (Wildman–Crippen LogP) is 40.6. The van der Waals surface area contributed by atoms with E-state index in [1.165, 1.54) is 292 Å². The van der Waals surface area contributed by atoms with Crippen LogP contribution in [0.4, 0.5) is 22.7 Å². The Balaban J connectivity index is 0.000000207. The van der Waals surface area contributed by atoms with E-state index in [4.69, 9.17) is 0 Å². The molecule has 4 nitrogen and oxygen atoms in total. The number of anilines is 4. The molecule has 16 heteroatoms. The van der Waals surface area contributed by atoms with Crippen LogP contribution in [0.1, 0.15) is 134 Å². The Bertz CT molecular complexity index is 5490. The van der Waals surface area contributed by atoms with E-state index in [1.807, 2.05) is 0 Å². The number of nitrogens with zero attached hydrogens (tertiary/aromatic N) is 4. The van der Waals surface area contributed by atoms with Crippen LogP contribution in [0, 0.1) is 166 Å². The van der Waals surface area contributed by atoms with Crippen molar-refractivity contribution in [1.29, 1.82) is 0 Å². The van der Waals surface area contributed by atoms with Gasteiger partial charge in [0.2, 0.25) is 0 Å². The highest BCUT2D eigenvalue weighted by atomic mass is 32.2. The van der Waals surface area contributed by atoms with Crippen LogP contribution < -0.4 is 17.8 Å². The highest BCUT2D eigenvalue weighted by Crippen LogP contribution is 2.96. The summed E-state index contributed by atoms with van der Waals surface area (Å²) in [5.41, 5.74) is 60.1. The summed E-state index contributed by atoms with van der Waals surface area (Å²) in [6.07, 6.45) is 0. The molecule has 0 amide bonds. The Morgan fingerprint density at radius 3 is 0.397 bits per heavy atom. The molecule has 6 heterocycles. The van der Waals surface area contributed by atoms with Crippen LogP contribution in [0.25, 0.3) is 89.0 Å². The van der Waals surface area contributed by atoms with Crippen LogP contribution in [-0.2, 0) is 0 Å². The van der Waals surface area contributed by atoms with Crippen molar-refractivity contribution < 1.29 is 0 Å². The Labute approximate surface area is 848 Å². The van der Waals surface area contributed by atoms with Crippen molar-refractivity contribution in [3.8, 4) is 89.0 Å². The number of thioether (sulfide) groups is 4. The number of aryl methyl sites for hydroxylation is 24.